The van der Waals surface area contributed by atoms with Crippen LogP contribution >= 0.6 is 0 Å². The van der Waals surface area contributed by atoms with E-state index in [9.17, 15) is 4.79 Å². The highest BCUT2D eigenvalue weighted by Crippen LogP contribution is 2.15. The summed E-state index contributed by atoms with van der Waals surface area (Å²) in [7, 11) is 0. The van der Waals surface area contributed by atoms with E-state index in [1.54, 1.807) is 6.07 Å². The molecule has 2 rings (SSSR count). The van der Waals surface area contributed by atoms with E-state index in [-0.39, 0.29) is 11.9 Å². The number of hydrogen-bond acceptors (Lipinski definition) is 4. The summed E-state index contributed by atoms with van der Waals surface area (Å²) in [5, 5.41) is 2.93. The van der Waals surface area contributed by atoms with Gasteiger partial charge in [-0.05, 0) is 25.8 Å². The van der Waals surface area contributed by atoms with Gasteiger partial charge in [-0.25, -0.2) is 9.97 Å². The van der Waals surface area contributed by atoms with Crippen LogP contribution in [0, 0.1) is 0 Å². The molecule has 0 aliphatic carbocycles. The average Bonchev–Trinajstić information content (AvgIpc) is 2.60. The maximum absolute atomic E-state index is 12.2. The van der Waals surface area contributed by atoms with Crippen molar-refractivity contribution in [2.75, 3.05) is 11.4 Å². The SMILES string of the molecule is CCC(C)NC(=O)c1cc(N(CC)Cc2ccccc2)ncn1. The molecule has 1 atom stereocenters. The van der Waals surface area contributed by atoms with Gasteiger partial charge in [-0.15, -0.1) is 0 Å². The molecule has 0 aliphatic rings. The zero-order valence-corrected chi connectivity index (χ0v) is 14.0. The first-order valence-electron chi connectivity index (χ1n) is 8.05. The van der Waals surface area contributed by atoms with Crippen molar-refractivity contribution in [3.63, 3.8) is 0 Å². The molecule has 1 amide bonds. The van der Waals surface area contributed by atoms with Crippen molar-refractivity contribution in [3.05, 3.63) is 54.0 Å². The highest BCUT2D eigenvalue weighted by Gasteiger charge is 2.13. The number of hydrogen-bond donors (Lipinski definition) is 1. The number of nitrogens with zero attached hydrogens (tertiary/aromatic N) is 3. The monoisotopic (exact) mass is 312 g/mol. The Bertz CT molecular complexity index is 630. The maximum Gasteiger partial charge on any atom is 0.270 e. The molecular formula is C18H24N4O. The molecule has 1 aromatic heterocycles. The summed E-state index contributed by atoms with van der Waals surface area (Å²) in [6, 6.07) is 12.1. The van der Waals surface area contributed by atoms with Crippen LogP contribution in [0.4, 0.5) is 5.82 Å². The van der Waals surface area contributed by atoms with Crippen molar-refractivity contribution in [2.24, 2.45) is 0 Å². The Balaban J connectivity index is 2.15. The Morgan fingerprint density at radius 1 is 1.22 bits per heavy atom. The van der Waals surface area contributed by atoms with Gasteiger partial charge >= 0.3 is 0 Å². The molecule has 2 aromatic rings. The molecule has 0 radical (unpaired) electrons. The molecule has 0 bridgehead atoms. The van der Waals surface area contributed by atoms with Gasteiger partial charge < -0.3 is 10.2 Å². The van der Waals surface area contributed by atoms with Crippen LogP contribution in [0.2, 0.25) is 0 Å². The van der Waals surface area contributed by atoms with Crippen molar-refractivity contribution in [1.82, 2.24) is 15.3 Å². The molecule has 0 aliphatic heterocycles. The molecule has 1 aromatic carbocycles. The lowest BCUT2D eigenvalue weighted by Gasteiger charge is -2.22. The van der Waals surface area contributed by atoms with E-state index in [1.807, 2.05) is 32.0 Å². The van der Waals surface area contributed by atoms with Gasteiger partial charge in [-0.1, -0.05) is 37.3 Å². The predicted molar refractivity (Wildman–Crippen MR) is 92.4 cm³/mol. The van der Waals surface area contributed by atoms with Crippen LogP contribution < -0.4 is 10.2 Å². The summed E-state index contributed by atoms with van der Waals surface area (Å²) in [5.41, 5.74) is 1.61. The smallest absolute Gasteiger partial charge is 0.270 e. The van der Waals surface area contributed by atoms with Gasteiger partial charge in [0.05, 0.1) is 0 Å². The zero-order chi connectivity index (χ0) is 16.7. The van der Waals surface area contributed by atoms with Gasteiger partial charge in [0, 0.05) is 25.2 Å². The van der Waals surface area contributed by atoms with Crippen molar-refractivity contribution in [2.45, 2.75) is 39.8 Å². The summed E-state index contributed by atoms with van der Waals surface area (Å²) in [5.74, 6) is 0.611. The third-order valence-electron chi connectivity index (χ3n) is 3.80. The Kier molecular flexibility index (Phi) is 6.09. The van der Waals surface area contributed by atoms with Crippen molar-refractivity contribution >= 4 is 11.7 Å². The number of rotatable bonds is 7. The lowest BCUT2D eigenvalue weighted by Crippen LogP contribution is -2.33. The molecule has 0 saturated heterocycles. The fraction of sp³-hybridized carbons (Fsp3) is 0.389. The topological polar surface area (TPSA) is 58.1 Å². The van der Waals surface area contributed by atoms with E-state index >= 15 is 0 Å². The van der Waals surface area contributed by atoms with Gasteiger partial charge in [-0.2, -0.15) is 0 Å². The lowest BCUT2D eigenvalue weighted by molar-refractivity contribution is 0.0934. The summed E-state index contributed by atoms with van der Waals surface area (Å²) in [6.45, 7) is 7.64. The van der Waals surface area contributed by atoms with Gasteiger partial charge in [0.2, 0.25) is 0 Å². The van der Waals surface area contributed by atoms with Crippen molar-refractivity contribution in [1.29, 1.82) is 0 Å². The van der Waals surface area contributed by atoms with Crippen LogP contribution in [0.25, 0.3) is 0 Å². The van der Waals surface area contributed by atoms with Crippen LogP contribution in [0.3, 0.4) is 0 Å². The van der Waals surface area contributed by atoms with Crippen LogP contribution in [-0.2, 0) is 6.54 Å². The van der Waals surface area contributed by atoms with Crippen LogP contribution in [-0.4, -0.2) is 28.5 Å². The van der Waals surface area contributed by atoms with Crippen molar-refractivity contribution < 1.29 is 4.79 Å². The number of nitrogens with one attached hydrogen (secondary N) is 1. The summed E-state index contributed by atoms with van der Waals surface area (Å²) in [4.78, 5) is 22.8. The minimum absolute atomic E-state index is 0.132. The fourth-order valence-corrected chi connectivity index (χ4v) is 2.20. The minimum Gasteiger partial charge on any atom is -0.352 e. The zero-order valence-electron chi connectivity index (χ0n) is 14.0. The standard InChI is InChI=1S/C18H24N4O/c1-4-14(3)21-18(23)16-11-17(20-13-19-16)22(5-2)12-15-9-7-6-8-10-15/h6-11,13-14H,4-5,12H2,1-3H3,(H,21,23). The van der Waals surface area contributed by atoms with Gasteiger partial charge in [0.15, 0.2) is 0 Å². The second-order valence-electron chi connectivity index (χ2n) is 5.54. The first-order valence-corrected chi connectivity index (χ1v) is 8.05. The first-order chi connectivity index (χ1) is 11.1. The van der Waals surface area contributed by atoms with Crippen molar-refractivity contribution in [3.8, 4) is 0 Å². The molecule has 1 heterocycles. The van der Waals surface area contributed by atoms with E-state index in [2.05, 4.69) is 39.2 Å². The summed E-state index contributed by atoms with van der Waals surface area (Å²) < 4.78 is 0. The maximum atomic E-state index is 12.2. The Labute approximate surface area is 137 Å². The van der Waals surface area contributed by atoms with Crippen LogP contribution in [0.15, 0.2) is 42.7 Å². The van der Waals surface area contributed by atoms with Gasteiger partial charge in [0.25, 0.3) is 5.91 Å². The number of carbonyl (C=O) groups is 1. The number of anilines is 1. The molecule has 23 heavy (non-hydrogen) atoms. The number of carbonyl (C=O) groups excluding carboxylic acids is 1. The van der Waals surface area contributed by atoms with Crippen LogP contribution in [0.5, 0.6) is 0 Å². The Morgan fingerprint density at radius 3 is 2.61 bits per heavy atom. The molecule has 5 heteroatoms. The van der Waals surface area contributed by atoms with Crippen LogP contribution in [0.1, 0.15) is 43.2 Å². The highest BCUT2D eigenvalue weighted by molar-refractivity contribution is 5.93. The number of amides is 1. The fourth-order valence-electron chi connectivity index (χ4n) is 2.20. The Morgan fingerprint density at radius 2 is 1.96 bits per heavy atom. The lowest BCUT2D eigenvalue weighted by atomic mass is 10.2. The van der Waals surface area contributed by atoms with E-state index < -0.39 is 0 Å². The molecule has 1 N–H and O–H groups in total. The molecule has 0 fully saturated rings. The quantitative estimate of drug-likeness (QED) is 0.854. The van der Waals surface area contributed by atoms with E-state index in [4.69, 9.17) is 0 Å². The van der Waals surface area contributed by atoms with Gasteiger partial charge in [0.1, 0.15) is 17.8 Å². The minimum atomic E-state index is -0.154. The average molecular weight is 312 g/mol. The second-order valence-corrected chi connectivity index (χ2v) is 5.54. The molecule has 0 spiro atoms. The molecule has 1 unspecified atom stereocenters. The first kappa shape index (κ1) is 16.9. The number of aromatic nitrogens is 2. The highest BCUT2D eigenvalue weighted by atomic mass is 16.1. The molecule has 5 nitrogen and oxygen atoms in total. The summed E-state index contributed by atoms with van der Waals surface area (Å²) >= 11 is 0. The van der Waals surface area contributed by atoms with E-state index in [1.165, 1.54) is 11.9 Å². The third-order valence-corrected chi connectivity index (χ3v) is 3.80. The molecule has 0 saturated carbocycles. The summed E-state index contributed by atoms with van der Waals surface area (Å²) in [6.07, 6.45) is 2.34. The largest absolute Gasteiger partial charge is 0.352 e. The molecular weight excluding hydrogens is 288 g/mol. The van der Waals surface area contributed by atoms with E-state index in [0.717, 1.165) is 25.3 Å². The van der Waals surface area contributed by atoms with Gasteiger partial charge in [-0.3, -0.25) is 4.79 Å². The second kappa shape index (κ2) is 8.27. The normalized spacial score (nSPS) is 11.8. The van der Waals surface area contributed by atoms with E-state index in [0.29, 0.717) is 5.69 Å². The Hall–Kier alpha value is -2.43. The number of benzene rings is 1. The molecule has 122 valence electrons. The third kappa shape index (κ3) is 4.77. The predicted octanol–water partition coefficient (Wildman–Crippen LogP) is 3.03.